The van der Waals surface area contributed by atoms with E-state index in [-0.39, 0.29) is 39.6 Å². The van der Waals surface area contributed by atoms with Crippen LogP contribution in [0.1, 0.15) is 27.2 Å². The summed E-state index contributed by atoms with van der Waals surface area (Å²) in [6.45, 7) is 7.87. The largest absolute Gasteiger partial charge is 0.407 e. The number of benzene rings is 4. The molecule has 0 bridgehead atoms. The molecule has 0 saturated carbocycles. The van der Waals surface area contributed by atoms with Crippen LogP contribution in [-0.2, 0) is 24.5 Å². The molecule has 252 valence electrons. The highest BCUT2D eigenvalue weighted by atomic mass is 35.5. The fourth-order valence-electron chi connectivity index (χ4n) is 6.72. The Morgan fingerprint density at radius 3 is 1.98 bits per heavy atom. The Labute approximate surface area is 289 Å². The Bertz CT molecular complexity index is 2070. The van der Waals surface area contributed by atoms with Crippen LogP contribution in [0.25, 0.3) is 10.9 Å². The second kappa shape index (κ2) is 13.5. The van der Waals surface area contributed by atoms with Crippen molar-refractivity contribution < 1.29 is 21.3 Å². The molecule has 48 heavy (non-hydrogen) atoms. The van der Waals surface area contributed by atoms with E-state index in [9.17, 15) is 16.8 Å². The third kappa shape index (κ3) is 6.40. The Morgan fingerprint density at radius 2 is 1.40 bits per heavy atom. The highest BCUT2D eigenvalue weighted by Crippen LogP contribution is 2.37. The van der Waals surface area contributed by atoms with Crippen molar-refractivity contribution in [3.8, 4) is 0 Å². The molecule has 1 fully saturated rings. The van der Waals surface area contributed by atoms with Crippen LogP contribution in [0.4, 0.5) is 0 Å². The number of hydrogen-bond acceptors (Lipinski definition) is 6. The second-order valence-corrected chi connectivity index (χ2v) is 21.5. The zero-order chi connectivity index (χ0) is 34.2. The second-order valence-electron chi connectivity index (χ2n) is 13.1. The molecule has 2 heterocycles. The topological polar surface area (TPSA) is 97.7 Å². The minimum Gasteiger partial charge on any atom is -0.407 e. The van der Waals surface area contributed by atoms with E-state index in [0.29, 0.717) is 30.0 Å². The van der Waals surface area contributed by atoms with Crippen molar-refractivity contribution in [2.24, 2.45) is 0 Å². The molecule has 0 radical (unpaired) electrons. The molecule has 0 aliphatic carbocycles. The van der Waals surface area contributed by atoms with Crippen molar-refractivity contribution in [3.63, 3.8) is 0 Å². The maximum absolute atomic E-state index is 14.4. The average molecular weight is 722 g/mol. The average Bonchev–Trinajstić information content (AvgIpc) is 3.48. The minimum atomic E-state index is -4.26. The fourth-order valence-corrected chi connectivity index (χ4v) is 15.0. The fraction of sp³-hybridized carbons (Fsp3) is 0.278. The van der Waals surface area contributed by atoms with Crippen LogP contribution in [0.3, 0.4) is 0 Å². The normalized spacial score (nSPS) is 16.7. The van der Waals surface area contributed by atoms with Crippen LogP contribution in [0, 0.1) is 0 Å². The maximum atomic E-state index is 14.4. The summed E-state index contributed by atoms with van der Waals surface area (Å²) in [7, 11) is -11.3. The van der Waals surface area contributed by atoms with E-state index in [1.807, 2.05) is 36.4 Å². The number of aromatic nitrogens is 1. The van der Waals surface area contributed by atoms with Gasteiger partial charge in [0.2, 0.25) is 0 Å². The van der Waals surface area contributed by atoms with E-state index in [4.69, 9.17) is 16.0 Å². The van der Waals surface area contributed by atoms with Crippen molar-refractivity contribution in [3.05, 3.63) is 120 Å². The molecule has 1 unspecified atom stereocenters. The molecular weight excluding hydrogens is 682 g/mol. The van der Waals surface area contributed by atoms with Gasteiger partial charge in [-0.05, 0) is 58.2 Å². The first-order valence-corrected chi connectivity index (χ1v) is 21.1. The lowest BCUT2D eigenvalue weighted by molar-refractivity contribution is 0.232. The first-order chi connectivity index (χ1) is 22.9. The van der Waals surface area contributed by atoms with E-state index >= 15 is 0 Å². The maximum Gasteiger partial charge on any atom is 0.269 e. The number of rotatable bonds is 10. The molecule has 0 amide bonds. The monoisotopic (exact) mass is 721 g/mol. The van der Waals surface area contributed by atoms with Gasteiger partial charge in [-0.1, -0.05) is 111 Å². The van der Waals surface area contributed by atoms with E-state index < -0.39 is 28.4 Å². The number of piperazine rings is 1. The third-order valence-corrected chi connectivity index (χ3v) is 18.0. The Hall–Kier alpha value is -3.29. The van der Waals surface area contributed by atoms with Crippen molar-refractivity contribution in [1.29, 1.82) is 0 Å². The summed E-state index contributed by atoms with van der Waals surface area (Å²) in [5, 5.41) is 6.12. The SMILES string of the molecule is CC(C)(C)[Si](OCCC1CN(S(=O)(=O)c2cc3cc(Cl)ccc3n2S(=O)(=O)c2ccccc2)CCN1)(c1ccccc1)c1ccccc1. The van der Waals surface area contributed by atoms with E-state index in [2.05, 4.69) is 50.4 Å². The van der Waals surface area contributed by atoms with Gasteiger partial charge < -0.3 is 9.74 Å². The number of fused-ring (bicyclic) bond motifs is 1. The summed E-state index contributed by atoms with van der Waals surface area (Å²) >= 11 is 6.24. The van der Waals surface area contributed by atoms with Gasteiger partial charge in [0.25, 0.3) is 28.4 Å². The van der Waals surface area contributed by atoms with Crippen LogP contribution in [-0.4, -0.2) is 65.7 Å². The highest BCUT2D eigenvalue weighted by molar-refractivity contribution is 7.92. The first-order valence-electron chi connectivity index (χ1n) is 16.0. The smallest absolute Gasteiger partial charge is 0.269 e. The predicted octanol–water partition coefficient (Wildman–Crippen LogP) is 5.46. The van der Waals surface area contributed by atoms with Crippen molar-refractivity contribution in [1.82, 2.24) is 13.6 Å². The van der Waals surface area contributed by atoms with Crippen LogP contribution >= 0.6 is 11.6 Å². The van der Waals surface area contributed by atoms with Gasteiger partial charge in [-0.15, -0.1) is 0 Å². The van der Waals surface area contributed by atoms with Crippen molar-refractivity contribution in [2.45, 2.75) is 48.2 Å². The van der Waals surface area contributed by atoms with Gasteiger partial charge in [-0.3, -0.25) is 0 Å². The van der Waals surface area contributed by atoms with Gasteiger partial charge >= 0.3 is 0 Å². The standard InChI is InChI=1S/C36H40ClN3O5S2Si/c1-36(2,3)48(32-15-9-5-10-16-32,33-17-11-6-12-18-33)45-24-21-30-27-39(23-22-38-30)47(43,44)35-26-28-25-29(37)19-20-34(28)40(35)46(41,42)31-13-7-4-8-14-31/h4-20,25-26,30,38H,21-24,27H2,1-3H3. The van der Waals surface area contributed by atoms with E-state index in [1.165, 1.54) is 32.9 Å². The molecule has 0 spiro atoms. The number of nitrogens with one attached hydrogen (secondary N) is 1. The molecular formula is C36H40ClN3O5S2Si. The molecule has 5 aromatic rings. The molecule has 1 atom stereocenters. The van der Waals surface area contributed by atoms with Crippen molar-refractivity contribution >= 4 is 61.2 Å². The molecule has 12 heteroatoms. The summed E-state index contributed by atoms with van der Waals surface area (Å²) in [6.07, 6.45) is 0.567. The molecule has 1 aromatic heterocycles. The van der Waals surface area contributed by atoms with E-state index in [0.717, 1.165) is 3.97 Å². The summed E-state index contributed by atoms with van der Waals surface area (Å²) < 4.78 is 66.1. The van der Waals surface area contributed by atoms with Crippen LogP contribution < -0.4 is 15.7 Å². The van der Waals surface area contributed by atoms with E-state index in [1.54, 1.807) is 36.4 Å². The lowest BCUT2D eigenvalue weighted by Gasteiger charge is -2.43. The summed E-state index contributed by atoms with van der Waals surface area (Å²) in [4.78, 5) is -0.00688. The molecule has 4 aromatic carbocycles. The quantitative estimate of drug-likeness (QED) is 0.193. The Morgan fingerprint density at radius 1 is 0.812 bits per heavy atom. The van der Waals surface area contributed by atoms with Crippen LogP contribution in [0.2, 0.25) is 10.1 Å². The number of sulfonamides is 1. The molecule has 1 aliphatic heterocycles. The van der Waals surface area contributed by atoms with Gasteiger partial charge in [0.05, 0.1) is 10.4 Å². The predicted molar refractivity (Wildman–Crippen MR) is 195 cm³/mol. The summed E-state index contributed by atoms with van der Waals surface area (Å²) in [5.74, 6) is 0. The molecule has 8 nitrogen and oxygen atoms in total. The molecule has 1 aliphatic rings. The summed E-state index contributed by atoms with van der Waals surface area (Å²) in [5.41, 5.74) is 0.243. The lowest BCUT2D eigenvalue weighted by atomic mass is 10.2. The highest BCUT2D eigenvalue weighted by Gasteiger charge is 2.50. The molecule has 1 saturated heterocycles. The molecule has 1 N–H and O–H groups in total. The van der Waals surface area contributed by atoms with Crippen molar-refractivity contribution in [2.75, 3.05) is 26.2 Å². The van der Waals surface area contributed by atoms with Crippen LogP contribution in [0.5, 0.6) is 0 Å². The Kier molecular flexibility index (Phi) is 9.76. The number of nitrogens with zero attached hydrogens (tertiary/aromatic N) is 2. The lowest BCUT2D eigenvalue weighted by Crippen LogP contribution is -2.66. The van der Waals surface area contributed by atoms with Gasteiger partial charge in [0, 0.05) is 42.7 Å². The minimum absolute atomic E-state index is 0.00688. The van der Waals surface area contributed by atoms with Crippen LogP contribution in [0.15, 0.2) is 125 Å². The van der Waals surface area contributed by atoms with Gasteiger partial charge in [0.1, 0.15) is 0 Å². The third-order valence-electron chi connectivity index (χ3n) is 8.99. The number of halogens is 1. The summed E-state index contributed by atoms with van der Waals surface area (Å²) in [6, 6.07) is 34.5. The zero-order valence-corrected chi connectivity index (χ0v) is 30.6. The first kappa shape index (κ1) is 34.6. The van der Waals surface area contributed by atoms with Gasteiger partial charge in [0.15, 0.2) is 5.03 Å². The molecule has 6 rings (SSSR count). The van der Waals surface area contributed by atoms with Gasteiger partial charge in [-0.2, -0.15) is 4.31 Å². The Balaban J connectivity index is 1.29. The van der Waals surface area contributed by atoms with Gasteiger partial charge in [-0.25, -0.2) is 20.8 Å². The zero-order valence-electron chi connectivity index (χ0n) is 27.2. The number of hydrogen-bond donors (Lipinski definition) is 1.